The van der Waals surface area contributed by atoms with Crippen molar-refractivity contribution in [3.63, 3.8) is 0 Å². The second-order valence-corrected chi connectivity index (χ2v) is 4.50. The van der Waals surface area contributed by atoms with E-state index in [-0.39, 0.29) is 23.5 Å². The Labute approximate surface area is 82.7 Å². The smallest absolute Gasteiger partial charge is 0.147 e. The van der Waals surface area contributed by atoms with E-state index in [2.05, 4.69) is 0 Å². The molecule has 0 aromatic heterocycles. The van der Waals surface area contributed by atoms with Crippen LogP contribution in [-0.2, 0) is 9.59 Å². The van der Waals surface area contributed by atoms with Gasteiger partial charge in [-0.25, -0.2) is 0 Å². The normalized spacial score (nSPS) is 44.3. The fourth-order valence-corrected chi connectivity index (χ4v) is 3.07. The summed E-state index contributed by atoms with van der Waals surface area (Å²) < 4.78 is 0. The summed E-state index contributed by atoms with van der Waals surface area (Å²) in [6.45, 7) is 0. The molecule has 4 unspecified atom stereocenters. The highest BCUT2D eigenvalue weighted by atomic mass is 16.1. The first kappa shape index (κ1) is 8.16. The minimum Gasteiger partial charge on any atom is -0.299 e. The predicted molar refractivity (Wildman–Crippen MR) is 51.5 cm³/mol. The van der Waals surface area contributed by atoms with Gasteiger partial charge in [-0.05, 0) is 12.3 Å². The molecule has 3 aliphatic carbocycles. The van der Waals surface area contributed by atoms with Gasteiger partial charge in [0.1, 0.15) is 11.6 Å². The molecule has 72 valence electrons. The second kappa shape index (κ2) is 2.66. The van der Waals surface area contributed by atoms with Crippen LogP contribution in [0.2, 0.25) is 0 Å². The summed E-state index contributed by atoms with van der Waals surface area (Å²) in [4.78, 5) is 23.6. The van der Waals surface area contributed by atoms with E-state index in [0.29, 0.717) is 18.1 Å². The van der Waals surface area contributed by atoms with Crippen LogP contribution in [0.3, 0.4) is 0 Å². The zero-order valence-electron chi connectivity index (χ0n) is 7.85. The Morgan fingerprint density at radius 1 is 1.07 bits per heavy atom. The molecule has 0 aromatic carbocycles. The van der Waals surface area contributed by atoms with Crippen LogP contribution in [0.4, 0.5) is 0 Å². The fraction of sp³-hybridized carbons (Fsp3) is 0.500. The van der Waals surface area contributed by atoms with Crippen molar-refractivity contribution in [2.45, 2.75) is 12.8 Å². The average Bonchev–Trinajstić information content (AvgIpc) is 2.43. The first-order valence-corrected chi connectivity index (χ1v) is 5.19. The van der Waals surface area contributed by atoms with E-state index >= 15 is 0 Å². The van der Waals surface area contributed by atoms with E-state index in [1.165, 1.54) is 0 Å². The minimum absolute atomic E-state index is 0.0000926. The molecule has 2 saturated carbocycles. The lowest BCUT2D eigenvalue weighted by Crippen LogP contribution is -2.34. The van der Waals surface area contributed by atoms with E-state index in [9.17, 15) is 9.59 Å². The monoisotopic (exact) mass is 188 g/mol. The van der Waals surface area contributed by atoms with Crippen LogP contribution in [0.15, 0.2) is 24.3 Å². The summed E-state index contributed by atoms with van der Waals surface area (Å²) in [6.07, 6.45) is 9.29. The van der Waals surface area contributed by atoms with Gasteiger partial charge in [0.05, 0.1) is 0 Å². The standard InChI is InChI=1S/C12H12O2/c13-11-6-7-5-10(11)9-4-2-1-3-8(7)12(9)14/h1-4,7-10H,5-6H2. The zero-order valence-corrected chi connectivity index (χ0v) is 7.85. The molecule has 2 heteroatoms. The van der Waals surface area contributed by atoms with Gasteiger partial charge in [0.25, 0.3) is 0 Å². The second-order valence-electron chi connectivity index (χ2n) is 4.50. The van der Waals surface area contributed by atoms with Crippen LogP contribution in [0.5, 0.6) is 0 Å². The van der Waals surface area contributed by atoms with Crippen molar-refractivity contribution in [1.29, 1.82) is 0 Å². The largest absolute Gasteiger partial charge is 0.299 e. The molecule has 0 aromatic rings. The van der Waals surface area contributed by atoms with Crippen molar-refractivity contribution in [3.05, 3.63) is 24.3 Å². The number of carbonyl (C=O) groups is 2. The molecule has 14 heavy (non-hydrogen) atoms. The van der Waals surface area contributed by atoms with Crippen molar-refractivity contribution in [1.82, 2.24) is 0 Å². The van der Waals surface area contributed by atoms with E-state index in [0.717, 1.165) is 6.42 Å². The number of ketones is 2. The van der Waals surface area contributed by atoms with Gasteiger partial charge in [0.2, 0.25) is 0 Å². The molecule has 2 fully saturated rings. The Kier molecular flexibility index (Phi) is 1.55. The Bertz CT molecular complexity index is 365. The van der Waals surface area contributed by atoms with Gasteiger partial charge in [-0.15, -0.1) is 0 Å². The summed E-state index contributed by atoms with van der Waals surface area (Å²) in [5, 5.41) is 0. The Hall–Kier alpha value is -1.18. The molecule has 3 aliphatic rings. The summed E-state index contributed by atoms with van der Waals surface area (Å²) in [6, 6.07) is 0. The Balaban J connectivity index is 2.10. The van der Waals surface area contributed by atoms with Crippen molar-refractivity contribution in [2.75, 3.05) is 0 Å². The quantitative estimate of drug-likeness (QED) is 0.577. The number of fused-ring (bicyclic) bond motifs is 6. The van der Waals surface area contributed by atoms with E-state index in [4.69, 9.17) is 0 Å². The van der Waals surface area contributed by atoms with Crippen LogP contribution in [-0.4, -0.2) is 11.6 Å². The molecule has 0 amide bonds. The number of hydrogen-bond donors (Lipinski definition) is 0. The van der Waals surface area contributed by atoms with E-state index < -0.39 is 0 Å². The van der Waals surface area contributed by atoms with Gasteiger partial charge in [-0.1, -0.05) is 24.3 Å². The van der Waals surface area contributed by atoms with Crippen molar-refractivity contribution < 1.29 is 9.59 Å². The van der Waals surface area contributed by atoms with Crippen molar-refractivity contribution in [2.24, 2.45) is 23.7 Å². The lowest BCUT2D eigenvalue weighted by atomic mass is 9.73. The van der Waals surface area contributed by atoms with E-state index in [1.807, 2.05) is 24.3 Å². The molecule has 4 atom stereocenters. The number of rotatable bonds is 0. The SMILES string of the molecule is O=C1C2C=CC=CC1C1CC2CC1=O. The van der Waals surface area contributed by atoms with Crippen molar-refractivity contribution >= 4 is 11.6 Å². The third-order valence-electron chi connectivity index (χ3n) is 3.78. The summed E-state index contributed by atoms with van der Waals surface area (Å²) in [5.41, 5.74) is 0. The first-order valence-electron chi connectivity index (χ1n) is 5.19. The van der Waals surface area contributed by atoms with Gasteiger partial charge in [0.15, 0.2) is 0 Å². The number of Topliss-reactive ketones (excluding diaryl/α,β-unsaturated/α-hetero) is 2. The molecule has 0 aliphatic heterocycles. The summed E-state index contributed by atoms with van der Waals surface area (Å²) >= 11 is 0. The highest BCUT2D eigenvalue weighted by Gasteiger charge is 2.50. The fourth-order valence-electron chi connectivity index (χ4n) is 3.07. The van der Waals surface area contributed by atoms with Gasteiger partial charge in [-0.2, -0.15) is 0 Å². The number of hydrogen-bond acceptors (Lipinski definition) is 2. The predicted octanol–water partition coefficient (Wildman–Crippen LogP) is 1.52. The maximum atomic E-state index is 12.0. The lowest BCUT2D eigenvalue weighted by Gasteiger charge is -2.28. The van der Waals surface area contributed by atoms with Crippen LogP contribution >= 0.6 is 0 Å². The molecule has 0 radical (unpaired) electrons. The summed E-state index contributed by atoms with van der Waals surface area (Å²) in [5.74, 6) is 0.754. The van der Waals surface area contributed by atoms with Crippen LogP contribution in [0.1, 0.15) is 12.8 Å². The van der Waals surface area contributed by atoms with E-state index in [1.54, 1.807) is 0 Å². The molecule has 0 N–H and O–H groups in total. The zero-order chi connectivity index (χ0) is 9.71. The molecule has 0 heterocycles. The molecular formula is C12H12O2. The number of allylic oxidation sites excluding steroid dienone is 4. The van der Waals surface area contributed by atoms with Crippen LogP contribution in [0.25, 0.3) is 0 Å². The highest BCUT2D eigenvalue weighted by molar-refractivity contribution is 5.98. The Morgan fingerprint density at radius 3 is 2.57 bits per heavy atom. The third kappa shape index (κ3) is 0.912. The first-order chi connectivity index (χ1) is 6.77. The molecule has 4 bridgehead atoms. The average molecular weight is 188 g/mol. The Morgan fingerprint density at radius 2 is 1.79 bits per heavy atom. The maximum Gasteiger partial charge on any atom is 0.147 e. The number of carbonyl (C=O) groups excluding carboxylic acids is 2. The highest BCUT2D eigenvalue weighted by Crippen LogP contribution is 2.46. The molecule has 0 saturated heterocycles. The maximum absolute atomic E-state index is 12.0. The summed E-state index contributed by atoms with van der Waals surface area (Å²) in [7, 11) is 0. The molecule has 2 nitrogen and oxygen atoms in total. The van der Waals surface area contributed by atoms with Gasteiger partial charge >= 0.3 is 0 Å². The van der Waals surface area contributed by atoms with Gasteiger partial charge in [0, 0.05) is 24.2 Å². The lowest BCUT2D eigenvalue weighted by molar-refractivity contribution is -0.131. The van der Waals surface area contributed by atoms with Crippen molar-refractivity contribution in [3.8, 4) is 0 Å². The minimum atomic E-state index is -0.124. The molecular weight excluding hydrogens is 176 g/mol. The molecule has 3 rings (SSSR count). The van der Waals surface area contributed by atoms with Crippen LogP contribution < -0.4 is 0 Å². The van der Waals surface area contributed by atoms with Gasteiger partial charge < -0.3 is 0 Å². The van der Waals surface area contributed by atoms with Crippen LogP contribution in [0, 0.1) is 23.7 Å². The third-order valence-corrected chi connectivity index (χ3v) is 3.78. The molecule has 0 spiro atoms. The van der Waals surface area contributed by atoms with Gasteiger partial charge in [-0.3, -0.25) is 9.59 Å². The topological polar surface area (TPSA) is 34.1 Å².